The zero-order chi connectivity index (χ0) is 11.5. The van der Waals surface area contributed by atoms with Crippen LogP contribution in [0.5, 0.6) is 0 Å². The molecule has 2 aromatic rings. The zero-order valence-corrected chi connectivity index (χ0v) is 9.26. The number of aromatic nitrogens is 1. The predicted octanol–water partition coefficient (Wildman–Crippen LogP) is 2.32. The molecule has 0 saturated heterocycles. The van der Waals surface area contributed by atoms with Crippen molar-refractivity contribution in [1.29, 1.82) is 0 Å². The lowest BCUT2D eigenvalue weighted by molar-refractivity contribution is 0.211. The number of aliphatic hydroxyl groups is 1. The molecule has 1 aromatic heterocycles. The van der Waals surface area contributed by atoms with Crippen molar-refractivity contribution in [2.45, 2.75) is 6.10 Å². The number of alkyl halides is 1. The molecule has 0 radical (unpaired) electrons. The Morgan fingerprint density at radius 1 is 1.50 bits per heavy atom. The second-order valence-corrected chi connectivity index (χ2v) is 3.90. The standard InChI is InChI=1S/C11H12ClFN2O/c12-5-9(16)6-15-8-3-7-1-2-14-11(7)10(13)4-8/h1-4,9,14-16H,5-6H2. The summed E-state index contributed by atoms with van der Waals surface area (Å²) in [4.78, 5) is 2.82. The summed E-state index contributed by atoms with van der Waals surface area (Å²) in [6, 6.07) is 5.00. The van der Waals surface area contributed by atoms with Crippen LogP contribution in [-0.2, 0) is 0 Å². The number of benzene rings is 1. The van der Waals surface area contributed by atoms with Crippen molar-refractivity contribution in [3.05, 3.63) is 30.2 Å². The lowest BCUT2D eigenvalue weighted by Crippen LogP contribution is -2.20. The highest BCUT2D eigenvalue weighted by molar-refractivity contribution is 6.18. The lowest BCUT2D eigenvalue weighted by Gasteiger charge is -2.10. The smallest absolute Gasteiger partial charge is 0.149 e. The first kappa shape index (κ1) is 11.2. The minimum Gasteiger partial charge on any atom is -0.390 e. The number of aliphatic hydroxyl groups excluding tert-OH is 1. The fourth-order valence-electron chi connectivity index (χ4n) is 1.52. The van der Waals surface area contributed by atoms with Gasteiger partial charge in [-0.1, -0.05) is 0 Å². The van der Waals surface area contributed by atoms with E-state index in [-0.39, 0.29) is 11.7 Å². The molecule has 0 aliphatic carbocycles. The molecule has 1 heterocycles. The van der Waals surface area contributed by atoms with Gasteiger partial charge in [0.15, 0.2) is 0 Å². The van der Waals surface area contributed by atoms with Gasteiger partial charge in [0, 0.05) is 23.8 Å². The maximum atomic E-state index is 13.5. The molecule has 1 atom stereocenters. The van der Waals surface area contributed by atoms with Crippen molar-refractivity contribution in [2.75, 3.05) is 17.7 Å². The zero-order valence-electron chi connectivity index (χ0n) is 8.50. The Hall–Kier alpha value is -1.26. The Labute approximate surface area is 97.2 Å². The molecule has 16 heavy (non-hydrogen) atoms. The summed E-state index contributed by atoms with van der Waals surface area (Å²) in [5.41, 5.74) is 1.12. The molecule has 0 aliphatic heterocycles. The van der Waals surface area contributed by atoms with Crippen LogP contribution in [0.25, 0.3) is 10.9 Å². The topological polar surface area (TPSA) is 48.0 Å². The van der Waals surface area contributed by atoms with Crippen molar-refractivity contribution < 1.29 is 9.50 Å². The normalized spacial score (nSPS) is 12.9. The number of anilines is 1. The van der Waals surface area contributed by atoms with Crippen molar-refractivity contribution in [3.63, 3.8) is 0 Å². The Morgan fingerprint density at radius 3 is 3.06 bits per heavy atom. The number of nitrogens with one attached hydrogen (secondary N) is 2. The third-order valence-corrected chi connectivity index (χ3v) is 2.69. The van der Waals surface area contributed by atoms with E-state index in [0.717, 1.165) is 5.39 Å². The first-order valence-corrected chi connectivity index (χ1v) is 5.48. The van der Waals surface area contributed by atoms with Crippen LogP contribution >= 0.6 is 11.6 Å². The number of aromatic amines is 1. The van der Waals surface area contributed by atoms with Gasteiger partial charge < -0.3 is 15.4 Å². The largest absolute Gasteiger partial charge is 0.390 e. The second kappa shape index (κ2) is 4.72. The summed E-state index contributed by atoms with van der Waals surface area (Å²) < 4.78 is 13.5. The van der Waals surface area contributed by atoms with Gasteiger partial charge in [-0.05, 0) is 18.2 Å². The molecule has 0 amide bonds. The highest BCUT2D eigenvalue weighted by Gasteiger charge is 2.06. The van der Waals surface area contributed by atoms with Crippen molar-refractivity contribution in [1.82, 2.24) is 4.98 Å². The van der Waals surface area contributed by atoms with Crippen LogP contribution in [0.1, 0.15) is 0 Å². The molecule has 3 N–H and O–H groups in total. The van der Waals surface area contributed by atoms with Gasteiger partial charge in [-0.2, -0.15) is 0 Å². The van der Waals surface area contributed by atoms with E-state index in [0.29, 0.717) is 17.7 Å². The van der Waals surface area contributed by atoms with E-state index in [1.807, 2.05) is 6.07 Å². The van der Waals surface area contributed by atoms with Crippen molar-refractivity contribution >= 4 is 28.2 Å². The summed E-state index contributed by atoms with van der Waals surface area (Å²) in [6.07, 6.45) is 1.05. The fourth-order valence-corrected chi connectivity index (χ4v) is 1.63. The van der Waals surface area contributed by atoms with Crippen LogP contribution in [0.15, 0.2) is 24.4 Å². The van der Waals surface area contributed by atoms with Crippen LogP contribution < -0.4 is 5.32 Å². The number of halogens is 2. The third kappa shape index (κ3) is 2.28. The Balaban J connectivity index is 2.18. The van der Waals surface area contributed by atoms with E-state index in [9.17, 15) is 9.50 Å². The van der Waals surface area contributed by atoms with Gasteiger partial charge in [-0.3, -0.25) is 0 Å². The molecule has 2 rings (SSSR count). The summed E-state index contributed by atoms with van der Waals surface area (Å²) in [7, 11) is 0. The Kier molecular flexibility index (Phi) is 3.31. The van der Waals surface area contributed by atoms with E-state index in [4.69, 9.17) is 11.6 Å². The molecule has 5 heteroatoms. The molecule has 0 fully saturated rings. The minimum atomic E-state index is -0.633. The number of fused-ring (bicyclic) bond motifs is 1. The number of rotatable bonds is 4. The number of hydrogen-bond donors (Lipinski definition) is 3. The second-order valence-electron chi connectivity index (χ2n) is 3.59. The molecule has 0 bridgehead atoms. The first-order chi connectivity index (χ1) is 7.70. The predicted molar refractivity (Wildman–Crippen MR) is 63.5 cm³/mol. The molecule has 0 saturated carbocycles. The number of H-pyrrole nitrogens is 1. The van der Waals surface area contributed by atoms with Gasteiger partial charge >= 0.3 is 0 Å². The Morgan fingerprint density at radius 2 is 2.31 bits per heavy atom. The maximum absolute atomic E-state index is 13.5. The van der Waals surface area contributed by atoms with E-state index in [1.165, 1.54) is 6.07 Å². The minimum absolute atomic E-state index is 0.155. The summed E-state index contributed by atoms with van der Waals surface area (Å²) >= 11 is 5.46. The average Bonchev–Trinajstić information content (AvgIpc) is 2.74. The van der Waals surface area contributed by atoms with Crippen LogP contribution in [0.3, 0.4) is 0 Å². The van der Waals surface area contributed by atoms with E-state index in [1.54, 1.807) is 12.3 Å². The maximum Gasteiger partial charge on any atom is 0.149 e. The van der Waals surface area contributed by atoms with E-state index < -0.39 is 6.10 Å². The molecular formula is C11H12ClFN2O. The van der Waals surface area contributed by atoms with Gasteiger partial charge in [-0.25, -0.2) is 4.39 Å². The molecule has 1 unspecified atom stereocenters. The summed E-state index contributed by atoms with van der Waals surface area (Å²) in [5.74, 6) is -0.160. The van der Waals surface area contributed by atoms with Gasteiger partial charge in [0.05, 0.1) is 17.5 Å². The molecule has 86 valence electrons. The van der Waals surface area contributed by atoms with Crippen LogP contribution in [0.4, 0.5) is 10.1 Å². The highest BCUT2D eigenvalue weighted by atomic mass is 35.5. The summed E-state index contributed by atoms with van der Waals surface area (Å²) in [5, 5.41) is 13.0. The van der Waals surface area contributed by atoms with Gasteiger partial charge in [0.1, 0.15) is 5.82 Å². The molecule has 0 spiro atoms. The molecule has 0 aliphatic rings. The SMILES string of the molecule is OC(CCl)CNc1cc(F)c2[nH]ccc2c1. The molecule has 3 nitrogen and oxygen atoms in total. The quantitative estimate of drug-likeness (QED) is 0.721. The summed E-state index contributed by atoms with van der Waals surface area (Å²) in [6.45, 7) is 0.304. The van der Waals surface area contributed by atoms with Gasteiger partial charge in [0.2, 0.25) is 0 Å². The fraction of sp³-hybridized carbons (Fsp3) is 0.273. The average molecular weight is 243 g/mol. The third-order valence-electron chi connectivity index (χ3n) is 2.33. The molecule has 1 aromatic carbocycles. The Bertz CT molecular complexity index is 486. The number of hydrogen-bond acceptors (Lipinski definition) is 2. The van der Waals surface area contributed by atoms with Gasteiger partial charge in [0.25, 0.3) is 0 Å². The van der Waals surface area contributed by atoms with Crippen LogP contribution in [0.2, 0.25) is 0 Å². The van der Waals surface area contributed by atoms with Crippen LogP contribution in [0, 0.1) is 5.82 Å². The van der Waals surface area contributed by atoms with E-state index >= 15 is 0 Å². The van der Waals surface area contributed by atoms with E-state index in [2.05, 4.69) is 10.3 Å². The van der Waals surface area contributed by atoms with Gasteiger partial charge in [-0.15, -0.1) is 11.6 Å². The highest BCUT2D eigenvalue weighted by Crippen LogP contribution is 2.21. The lowest BCUT2D eigenvalue weighted by atomic mass is 10.2. The first-order valence-electron chi connectivity index (χ1n) is 4.95. The molecular weight excluding hydrogens is 231 g/mol. The van der Waals surface area contributed by atoms with Crippen molar-refractivity contribution in [3.8, 4) is 0 Å². The monoisotopic (exact) mass is 242 g/mol. The van der Waals surface area contributed by atoms with Crippen molar-refractivity contribution in [2.24, 2.45) is 0 Å². The van der Waals surface area contributed by atoms with Crippen LogP contribution in [-0.4, -0.2) is 28.6 Å².